The molecular formula is C29H37F3N2. The third-order valence-corrected chi connectivity index (χ3v) is 7.96. The minimum absolute atomic E-state index is 0.151. The molecule has 0 aliphatic heterocycles. The first-order chi connectivity index (χ1) is 16.2. The summed E-state index contributed by atoms with van der Waals surface area (Å²) in [6, 6.07) is 9.30. The number of alkyl halides is 3. The maximum atomic E-state index is 12.8. The standard InChI is InChI=1S/C29H37F3N2/c1-5-7-23-24-12-10-18(2)14-26(24)19(3)25(22-8-6-9-22)15-27(23)28-13-11-21(17-34-28)16-33-20(4)29(30,31)32/h10-14,17,19-20,22,25,33H,5-9,15-16H2,1-4H3. The van der Waals surface area contributed by atoms with E-state index in [0.717, 1.165) is 43.4 Å². The Morgan fingerprint density at radius 2 is 1.91 bits per heavy atom. The molecule has 3 unspecified atom stereocenters. The molecule has 0 radical (unpaired) electrons. The molecule has 2 aromatic rings. The number of halogens is 3. The van der Waals surface area contributed by atoms with Gasteiger partial charge in [-0.2, -0.15) is 13.2 Å². The van der Waals surface area contributed by atoms with Crippen LogP contribution in [0.4, 0.5) is 13.2 Å². The Labute approximate surface area is 202 Å². The Morgan fingerprint density at radius 3 is 2.50 bits per heavy atom. The van der Waals surface area contributed by atoms with Gasteiger partial charge in [0.1, 0.15) is 6.04 Å². The summed E-state index contributed by atoms with van der Waals surface area (Å²) in [4.78, 5) is 4.79. The first kappa shape index (κ1) is 25.0. The van der Waals surface area contributed by atoms with Crippen LogP contribution in [0, 0.1) is 18.8 Å². The van der Waals surface area contributed by atoms with E-state index in [-0.39, 0.29) is 6.54 Å². The molecule has 34 heavy (non-hydrogen) atoms. The Morgan fingerprint density at radius 1 is 1.15 bits per heavy atom. The van der Waals surface area contributed by atoms with Crippen molar-refractivity contribution in [2.45, 2.75) is 90.9 Å². The third-order valence-electron chi connectivity index (χ3n) is 7.96. The van der Waals surface area contributed by atoms with Gasteiger partial charge in [-0.25, -0.2) is 0 Å². The van der Waals surface area contributed by atoms with Crippen LogP contribution < -0.4 is 5.32 Å². The van der Waals surface area contributed by atoms with Crippen molar-refractivity contribution in [2.24, 2.45) is 11.8 Å². The van der Waals surface area contributed by atoms with Crippen molar-refractivity contribution in [1.82, 2.24) is 10.3 Å². The summed E-state index contributed by atoms with van der Waals surface area (Å²) < 4.78 is 38.5. The van der Waals surface area contributed by atoms with Gasteiger partial charge in [0.15, 0.2) is 0 Å². The molecule has 3 atom stereocenters. The lowest BCUT2D eigenvalue weighted by Crippen LogP contribution is -2.39. The highest BCUT2D eigenvalue weighted by Crippen LogP contribution is 2.51. The highest BCUT2D eigenvalue weighted by atomic mass is 19.4. The number of allylic oxidation sites excluding steroid dienone is 2. The molecule has 0 spiro atoms. The fourth-order valence-electron chi connectivity index (χ4n) is 5.59. The lowest BCUT2D eigenvalue weighted by molar-refractivity contribution is -0.151. The van der Waals surface area contributed by atoms with Crippen LogP contribution >= 0.6 is 0 Å². The van der Waals surface area contributed by atoms with Gasteiger partial charge in [-0.1, -0.05) is 69.4 Å². The first-order valence-corrected chi connectivity index (χ1v) is 12.8. The third kappa shape index (κ3) is 5.25. The second kappa shape index (κ2) is 10.2. The summed E-state index contributed by atoms with van der Waals surface area (Å²) in [6.07, 6.45) is 4.52. The molecule has 1 aromatic heterocycles. The van der Waals surface area contributed by atoms with E-state index in [9.17, 15) is 13.2 Å². The molecule has 184 valence electrons. The molecule has 4 rings (SSSR count). The topological polar surface area (TPSA) is 24.9 Å². The van der Waals surface area contributed by atoms with Crippen LogP contribution in [-0.4, -0.2) is 17.2 Å². The molecule has 1 heterocycles. The second-order valence-corrected chi connectivity index (χ2v) is 10.3. The summed E-state index contributed by atoms with van der Waals surface area (Å²) in [5.41, 5.74) is 8.61. The van der Waals surface area contributed by atoms with Gasteiger partial charge < -0.3 is 5.32 Å². The van der Waals surface area contributed by atoms with E-state index in [1.54, 1.807) is 6.20 Å². The van der Waals surface area contributed by atoms with Gasteiger partial charge in [0.2, 0.25) is 0 Å². The zero-order chi connectivity index (χ0) is 24.5. The van der Waals surface area contributed by atoms with Crippen molar-refractivity contribution < 1.29 is 13.2 Å². The number of nitrogens with one attached hydrogen (secondary N) is 1. The quantitative estimate of drug-likeness (QED) is 0.443. The normalized spacial score (nSPS) is 22.2. The zero-order valence-electron chi connectivity index (χ0n) is 20.8. The number of benzene rings is 1. The number of rotatable bonds is 7. The van der Waals surface area contributed by atoms with E-state index in [2.05, 4.69) is 44.3 Å². The lowest BCUT2D eigenvalue weighted by atomic mass is 9.67. The van der Waals surface area contributed by atoms with Gasteiger partial charge in [-0.15, -0.1) is 0 Å². The minimum Gasteiger partial charge on any atom is -0.302 e. The number of nitrogens with zero attached hydrogens (tertiary/aromatic N) is 1. The van der Waals surface area contributed by atoms with Crippen molar-refractivity contribution in [2.75, 3.05) is 0 Å². The second-order valence-electron chi connectivity index (χ2n) is 10.3. The smallest absolute Gasteiger partial charge is 0.302 e. The Balaban J connectivity index is 1.70. The Kier molecular flexibility index (Phi) is 7.51. The molecule has 0 bridgehead atoms. The van der Waals surface area contributed by atoms with E-state index < -0.39 is 12.2 Å². The Hall–Kier alpha value is -2.14. The van der Waals surface area contributed by atoms with Gasteiger partial charge in [-0.3, -0.25) is 4.98 Å². The van der Waals surface area contributed by atoms with Gasteiger partial charge in [-0.05, 0) is 78.3 Å². The molecule has 5 heteroatoms. The molecule has 1 aromatic carbocycles. The minimum atomic E-state index is -4.24. The largest absolute Gasteiger partial charge is 0.403 e. The van der Waals surface area contributed by atoms with Gasteiger partial charge in [0.05, 0.1) is 5.69 Å². The summed E-state index contributed by atoms with van der Waals surface area (Å²) in [5.74, 6) is 1.85. The monoisotopic (exact) mass is 470 g/mol. The number of hydrogen-bond acceptors (Lipinski definition) is 2. The van der Waals surface area contributed by atoms with E-state index in [1.165, 1.54) is 47.1 Å². The van der Waals surface area contributed by atoms with Crippen LogP contribution in [0.1, 0.15) is 93.2 Å². The van der Waals surface area contributed by atoms with Crippen molar-refractivity contribution in [3.63, 3.8) is 0 Å². The fourth-order valence-corrected chi connectivity index (χ4v) is 5.59. The van der Waals surface area contributed by atoms with Crippen LogP contribution in [-0.2, 0) is 6.54 Å². The zero-order valence-corrected chi connectivity index (χ0v) is 20.8. The number of aromatic nitrogens is 1. The predicted octanol–water partition coefficient (Wildman–Crippen LogP) is 8.06. The molecular weight excluding hydrogens is 433 g/mol. The molecule has 1 fully saturated rings. The van der Waals surface area contributed by atoms with Gasteiger partial charge >= 0.3 is 6.18 Å². The first-order valence-electron chi connectivity index (χ1n) is 12.8. The average Bonchev–Trinajstić information content (AvgIpc) is 2.87. The molecule has 2 aliphatic carbocycles. The number of fused-ring (bicyclic) bond motifs is 1. The average molecular weight is 471 g/mol. The molecule has 0 saturated heterocycles. The maximum Gasteiger partial charge on any atom is 0.403 e. The molecule has 2 aliphatic rings. The van der Waals surface area contributed by atoms with E-state index in [1.807, 2.05) is 12.1 Å². The number of aryl methyl sites for hydroxylation is 1. The van der Waals surface area contributed by atoms with Crippen molar-refractivity contribution in [1.29, 1.82) is 0 Å². The van der Waals surface area contributed by atoms with Crippen molar-refractivity contribution in [3.05, 3.63) is 64.5 Å². The van der Waals surface area contributed by atoms with E-state index >= 15 is 0 Å². The molecule has 1 N–H and O–H groups in total. The SMILES string of the molecule is CCCC1=C(c2ccc(CNC(C)C(F)(F)F)cn2)CC(C2CCC2)C(C)c2cc(C)ccc21. The predicted molar refractivity (Wildman–Crippen MR) is 133 cm³/mol. The van der Waals surface area contributed by atoms with Crippen LogP contribution in [0.5, 0.6) is 0 Å². The lowest BCUT2D eigenvalue weighted by Gasteiger charge is -2.37. The van der Waals surface area contributed by atoms with Crippen LogP contribution in [0.15, 0.2) is 36.5 Å². The van der Waals surface area contributed by atoms with Crippen LogP contribution in [0.2, 0.25) is 0 Å². The molecule has 2 nitrogen and oxygen atoms in total. The summed E-state index contributed by atoms with van der Waals surface area (Å²) in [7, 11) is 0. The van der Waals surface area contributed by atoms with E-state index in [4.69, 9.17) is 4.98 Å². The highest BCUT2D eigenvalue weighted by Gasteiger charge is 2.37. The molecule has 1 saturated carbocycles. The number of pyridine rings is 1. The van der Waals surface area contributed by atoms with Gasteiger partial charge in [0.25, 0.3) is 0 Å². The van der Waals surface area contributed by atoms with Crippen molar-refractivity contribution >= 4 is 11.1 Å². The van der Waals surface area contributed by atoms with E-state index in [0.29, 0.717) is 11.8 Å². The highest BCUT2D eigenvalue weighted by molar-refractivity contribution is 5.92. The fraction of sp³-hybridized carbons (Fsp3) is 0.552. The van der Waals surface area contributed by atoms with Crippen LogP contribution in [0.25, 0.3) is 11.1 Å². The van der Waals surface area contributed by atoms with Gasteiger partial charge in [0, 0.05) is 12.7 Å². The number of hydrogen-bond donors (Lipinski definition) is 1. The Bertz CT molecular complexity index is 1020. The molecule has 0 amide bonds. The summed E-state index contributed by atoms with van der Waals surface area (Å²) in [6.45, 7) is 8.10. The van der Waals surface area contributed by atoms with Crippen LogP contribution in [0.3, 0.4) is 0 Å². The van der Waals surface area contributed by atoms with Crippen molar-refractivity contribution in [3.8, 4) is 0 Å². The summed E-state index contributed by atoms with van der Waals surface area (Å²) >= 11 is 0. The maximum absolute atomic E-state index is 12.8. The summed E-state index contributed by atoms with van der Waals surface area (Å²) in [5, 5.41) is 2.56.